The molecule has 4 aromatic rings. The molecule has 1 atom stereocenters. The number of amides is 1. The molecule has 4 rings (SSSR count). The summed E-state index contributed by atoms with van der Waals surface area (Å²) >= 11 is 0. The minimum absolute atomic E-state index is 0.0701. The van der Waals surface area contributed by atoms with Crippen LogP contribution >= 0.6 is 0 Å². The SMILES string of the molecule is Cc1c(Oc2ncc(C(F)(F)F)c(C)c2-c2cc(=O)c3c(C(=O)N[C@@H](CO)C(C)(C)C)nccc3[nH]2)ccc(F)c1F. The van der Waals surface area contributed by atoms with Crippen LogP contribution in [-0.4, -0.2) is 38.6 Å². The van der Waals surface area contributed by atoms with E-state index in [2.05, 4.69) is 20.3 Å². The van der Waals surface area contributed by atoms with Crippen LogP contribution in [0.4, 0.5) is 22.0 Å². The number of aliphatic hydroxyl groups is 1. The van der Waals surface area contributed by atoms with Crippen LogP contribution in [0.5, 0.6) is 11.6 Å². The zero-order valence-electron chi connectivity index (χ0n) is 23.2. The van der Waals surface area contributed by atoms with Crippen LogP contribution in [-0.2, 0) is 6.18 Å². The van der Waals surface area contributed by atoms with Gasteiger partial charge in [0.25, 0.3) is 5.91 Å². The average Bonchev–Trinajstić information content (AvgIpc) is 2.90. The van der Waals surface area contributed by atoms with Gasteiger partial charge in [-0.05, 0) is 43.0 Å². The van der Waals surface area contributed by atoms with E-state index < -0.39 is 52.0 Å². The number of aromatic amines is 1. The predicted molar refractivity (Wildman–Crippen MR) is 144 cm³/mol. The third-order valence-corrected chi connectivity index (χ3v) is 6.87. The van der Waals surface area contributed by atoms with Gasteiger partial charge in [0, 0.05) is 24.0 Å². The standard InChI is InChI=1S/C29H27F5N4O4/c1-13-15(29(32,33)34)11-36-27(42-20-7-6-16(30)24(31)14(20)2)22(13)18-10-19(40)23-17(37-18)8-9-35-25(23)26(41)38-21(12-39)28(3,4)5/h6-11,21,39H,12H2,1-5H3,(H,37,40)(H,38,41)/t21-/m0/s1. The van der Waals surface area contributed by atoms with Crippen LogP contribution in [0.1, 0.15) is 48.0 Å². The molecule has 0 aliphatic rings. The van der Waals surface area contributed by atoms with Gasteiger partial charge in [0.05, 0.1) is 40.4 Å². The highest BCUT2D eigenvalue weighted by molar-refractivity contribution is 6.04. The number of hydrogen-bond donors (Lipinski definition) is 3. The van der Waals surface area contributed by atoms with Crippen molar-refractivity contribution in [1.82, 2.24) is 20.3 Å². The van der Waals surface area contributed by atoms with Crippen molar-refractivity contribution in [2.45, 2.75) is 46.8 Å². The molecule has 0 saturated carbocycles. The van der Waals surface area contributed by atoms with Gasteiger partial charge in [-0.25, -0.2) is 13.8 Å². The summed E-state index contributed by atoms with van der Waals surface area (Å²) in [4.78, 5) is 37.2. The summed E-state index contributed by atoms with van der Waals surface area (Å²) in [5.41, 5.74) is -3.57. The van der Waals surface area contributed by atoms with E-state index in [1.165, 1.54) is 19.2 Å². The maximum absolute atomic E-state index is 14.2. The van der Waals surface area contributed by atoms with Crippen LogP contribution < -0.4 is 15.5 Å². The molecular formula is C29H27F5N4O4. The van der Waals surface area contributed by atoms with Gasteiger partial charge in [-0.1, -0.05) is 20.8 Å². The lowest BCUT2D eigenvalue weighted by Gasteiger charge is -2.29. The number of alkyl halides is 3. The molecule has 0 fully saturated rings. The summed E-state index contributed by atoms with van der Waals surface area (Å²) < 4.78 is 75.1. The van der Waals surface area contributed by atoms with Gasteiger partial charge in [0.1, 0.15) is 11.4 Å². The molecule has 0 unspecified atom stereocenters. The second kappa shape index (κ2) is 11.1. The largest absolute Gasteiger partial charge is 0.438 e. The smallest absolute Gasteiger partial charge is 0.418 e. The first kappa shape index (κ1) is 30.6. The number of carbonyl (C=O) groups is 1. The number of nitrogens with zero attached hydrogens (tertiary/aromatic N) is 2. The minimum Gasteiger partial charge on any atom is -0.438 e. The maximum atomic E-state index is 14.2. The topological polar surface area (TPSA) is 117 Å². The van der Waals surface area contributed by atoms with Gasteiger partial charge in [-0.3, -0.25) is 14.6 Å². The molecule has 3 heterocycles. The first-order valence-corrected chi connectivity index (χ1v) is 12.7. The Morgan fingerprint density at radius 2 is 1.79 bits per heavy atom. The Morgan fingerprint density at radius 3 is 2.40 bits per heavy atom. The van der Waals surface area contributed by atoms with Gasteiger partial charge < -0.3 is 20.1 Å². The molecule has 0 bridgehead atoms. The molecule has 1 aromatic carbocycles. The van der Waals surface area contributed by atoms with Crippen LogP contribution in [0.2, 0.25) is 0 Å². The van der Waals surface area contributed by atoms with Crippen LogP contribution in [0.25, 0.3) is 22.2 Å². The number of aliphatic hydroxyl groups excluding tert-OH is 1. The zero-order chi connectivity index (χ0) is 31.1. The van der Waals surface area contributed by atoms with E-state index in [1.54, 1.807) is 20.8 Å². The molecule has 0 spiro atoms. The lowest BCUT2D eigenvalue weighted by Crippen LogP contribution is -2.46. The summed E-state index contributed by atoms with van der Waals surface area (Å²) in [5.74, 6) is -3.69. The van der Waals surface area contributed by atoms with Crippen LogP contribution in [0.3, 0.4) is 0 Å². The number of benzene rings is 1. The van der Waals surface area contributed by atoms with Crippen LogP contribution in [0.15, 0.2) is 41.5 Å². The normalized spacial score (nSPS) is 12.8. The Kier molecular flexibility index (Phi) is 8.09. The number of aromatic nitrogens is 3. The third kappa shape index (κ3) is 5.82. The Labute approximate surface area is 236 Å². The van der Waals surface area contributed by atoms with Crippen molar-refractivity contribution < 1.29 is 36.6 Å². The zero-order valence-corrected chi connectivity index (χ0v) is 23.2. The first-order valence-electron chi connectivity index (χ1n) is 12.7. The molecule has 1 amide bonds. The molecule has 3 aromatic heterocycles. The Bertz CT molecular complexity index is 1750. The number of H-pyrrole nitrogens is 1. The summed E-state index contributed by atoms with van der Waals surface area (Å²) in [6.07, 6.45) is -3.03. The molecule has 222 valence electrons. The summed E-state index contributed by atoms with van der Waals surface area (Å²) in [6, 6.07) is 3.57. The van der Waals surface area contributed by atoms with Gasteiger partial charge in [-0.2, -0.15) is 13.2 Å². The number of carbonyl (C=O) groups excluding carboxylic acids is 1. The van der Waals surface area contributed by atoms with E-state index >= 15 is 0 Å². The lowest BCUT2D eigenvalue weighted by molar-refractivity contribution is -0.138. The highest BCUT2D eigenvalue weighted by Gasteiger charge is 2.35. The predicted octanol–water partition coefficient (Wildman–Crippen LogP) is 5.83. The van der Waals surface area contributed by atoms with E-state index in [1.807, 2.05) is 0 Å². The number of halogens is 5. The number of nitrogens with one attached hydrogen (secondary N) is 2. The molecule has 0 aliphatic heterocycles. The fourth-order valence-electron chi connectivity index (χ4n) is 4.38. The van der Waals surface area contributed by atoms with E-state index in [-0.39, 0.29) is 51.3 Å². The van der Waals surface area contributed by atoms with Crippen molar-refractivity contribution in [2.24, 2.45) is 5.41 Å². The van der Waals surface area contributed by atoms with E-state index in [9.17, 15) is 36.6 Å². The maximum Gasteiger partial charge on any atom is 0.418 e. The second-order valence-electron chi connectivity index (χ2n) is 10.8. The van der Waals surface area contributed by atoms with Gasteiger partial charge in [0.2, 0.25) is 5.88 Å². The second-order valence-corrected chi connectivity index (χ2v) is 10.8. The number of pyridine rings is 3. The lowest BCUT2D eigenvalue weighted by atomic mass is 9.87. The molecule has 0 aliphatic carbocycles. The number of fused-ring (bicyclic) bond motifs is 1. The average molecular weight is 591 g/mol. The van der Waals surface area contributed by atoms with Crippen molar-refractivity contribution >= 4 is 16.8 Å². The van der Waals surface area contributed by atoms with Gasteiger partial charge in [-0.15, -0.1) is 0 Å². The van der Waals surface area contributed by atoms with E-state index in [4.69, 9.17) is 4.74 Å². The molecule has 42 heavy (non-hydrogen) atoms. The number of rotatable bonds is 6. The molecule has 0 saturated heterocycles. The van der Waals surface area contributed by atoms with Crippen molar-refractivity contribution in [3.63, 3.8) is 0 Å². The molecule has 3 N–H and O–H groups in total. The quantitative estimate of drug-likeness (QED) is 0.244. The Hall–Kier alpha value is -4.39. The van der Waals surface area contributed by atoms with Crippen LogP contribution in [0, 0.1) is 30.9 Å². The number of ether oxygens (including phenoxy) is 1. The van der Waals surface area contributed by atoms with Crippen molar-refractivity contribution in [1.29, 1.82) is 0 Å². The monoisotopic (exact) mass is 590 g/mol. The summed E-state index contributed by atoms with van der Waals surface area (Å²) in [5, 5.41) is 12.2. The molecule has 8 nitrogen and oxygen atoms in total. The molecular weight excluding hydrogens is 563 g/mol. The molecule has 13 heteroatoms. The summed E-state index contributed by atoms with van der Waals surface area (Å²) in [7, 11) is 0. The van der Waals surface area contributed by atoms with E-state index in [0.29, 0.717) is 6.20 Å². The van der Waals surface area contributed by atoms with Crippen molar-refractivity contribution in [2.75, 3.05) is 6.61 Å². The minimum atomic E-state index is -4.81. The molecule has 0 radical (unpaired) electrons. The van der Waals surface area contributed by atoms with Gasteiger partial charge in [0.15, 0.2) is 17.1 Å². The van der Waals surface area contributed by atoms with Gasteiger partial charge >= 0.3 is 6.18 Å². The highest BCUT2D eigenvalue weighted by atomic mass is 19.4. The first-order chi connectivity index (χ1) is 19.5. The highest BCUT2D eigenvalue weighted by Crippen LogP contribution is 2.41. The van der Waals surface area contributed by atoms with E-state index in [0.717, 1.165) is 25.1 Å². The fourth-order valence-corrected chi connectivity index (χ4v) is 4.38. The summed E-state index contributed by atoms with van der Waals surface area (Å²) in [6.45, 7) is 7.41. The Morgan fingerprint density at radius 1 is 1.10 bits per heavy atom. The van der Waals surface area contributed by atoms with Crippen molar-refractivity contribution in [3.05, 3.63) is 80.9 Å². The fraction of sp³-hybridized carbons (Fsp3) is 0.310. The third-order valence-electron chi connectivity index (χ3n) is 6.87. The Balaban J connectivity index is 1.90. The number of hydrogen-bond acceptors (Lipinski definition) is 6. The van der Waals surface area contributed by atoms with Crippen molar-refractivity contribution in [3.8, 4) is 22.9 Å².